The maximum absolute atomic E-state index is 8.87. The van der Waals surface area contributed by atoms with Crippen LogP contribution in [0.15, 0.2) is 6.20 Å². The second kappa shape index (κ2) is 7.87. The molecule has 0 aromatic carbocycles. The zero-order chi connectivity index (χ0) is 10.4. The third-order valence-corrected chi connectivity index (χ3v) is 2.72. The van der Waals surface area contributed by atoms with Gasteiger partial charge in [0.2, 0.25) is 0 Å². The molecule has 0 aliphatic heterocycles. The molecule has 4 nitrogen and oxygen atoms in total. The van der Waals surface area contributed by atoms with E-state index in [1.54, 1.807) is 6.20 Å². The highest BCUT2D eigenvalue weighted by Crippen LogP contribution is 2.16. The molecule has 6 heteroatoms. The number of nitrogen functional groups attached to an aromatic ring is 1. The van der Waals surface area contributed by atoms with Crippen LogP contribution in [-0.2, 0) is 6.54 Å². The van der Waals surface area contributed by atoms with Crippen molar-refractivity contribution in [1.29, 1.82) is 0 Å². The Hall–Kier alpha value is -0.360. The van der Waals surface area contributed by atoms with Gasteiger partial charge in [0.05, 0.1) is 6.61 Å². The van der Waals surface area contributed by atoms with Gasteiger partial charge < -0.3 is 10.8 Å². The molecular weight excluding hydrogens is 234 g/mol. The summed E-state index contributed by atoms with van der Waals surface area (Å²) in [5.41, 5.74) is 5.54. The molecule has 0 atom stereocenters. The van der Waals surface area contributed by atoms with Gasteiger partial charge >= 0.3 is 0 Å². The number of aliphatic hydroxyl groups is 1. The molecule has 0 unspecified atom stereocenters. The van der Waals surface area contributed by atoms with Crippen LogP contribution in [0, 0.1) is 0 Å². The van der Waals surface area contributed by atoms with Gasteiger partial charge in [0, 0.05) is 24.2 Å². The van der Waals surface area contributed by atoms with E-state index < -0.39 is 0 Å². The molecular formula is C9H18ClN3OS. The predicted octanol–water partition coefficient (Wildman–Crippen LogP) is 1.35. The number of halogens is 1. The van der Waals surface area contributed by atoms with Crippen molar-refractivity contribution < 1.29 is 5.11 Å². The number of hydrogen-bond acceptors (Lipinski definition) is 5. The third kappa shape index (κ3) is 5.32. The fraction of sp³-hybridized carbons (Fsp3) is 0.667. The molecule has 88 valence electrons. The molecule has 0 aliphatic rings. The van der Waals surface area contributed by atoms with Crippen molar-refractivity contribution in [3.05, 3.63) is 11.1 Å². The first-order chi connectivity index (χ1) is 6.76. The van der Waals surface area contributed by atoms with Crippen LogP contribution < -0.4 is 5.73 Å². The van der Waals surface area contributed by atoms with Crippen molar-refractivity contribution in [1.82, 2.24) is 9.88 Å². The van der Waals surface area contributed by atoms with Gasteiger partial charge in [0.1, 0.15) is 0 Å². The monoisotopic (exact) mass is 251 g/mol. The zero-order valence-electron chi connectivity index (χ0n) is 8.85. The van der Waals surface area contributed by atoms with Crippen LogP contribution in [0.1, 0.15) is 18.2 Å². The van der Waals surface area contributed by atoms with E-state index in [0.29, 0.717) is 11.7 Å². The number of nitrogens with zero attached hydrogens (tertiary/aromatic N) is 2. The minimum Gasteiger partial charge on any atom is -0.395 e. The average molecular weight is 252 g/mol. The Morgan fingerprint density at radius 3 is 2.73 bits per heavy atom. The van der Waals surface area contributed by atoms with Gasteiger partial charge in [-0.1, -0.05) is 6.92 Å². The first-order valence-electron chi connectivity index (χ1n) is 4.79. The van der Waals surface area contributed by atoms with Gasteiger partial charge in [-0.15, -0.1) is 23.7 Å². The Labute approximate surface area is 101 Å². The molecule has 0 fully saturated rings. The maximum Gasteiger partial charge on any atom is 0.180 e. The average Bonchev–Trinajstić information content (AvgIpc) is 2.52. The van der Waals surface area contributed by atoms with Crippen LogP contribution in [0.25, 0.3) is 0 Å². The fourth-order valence-corrected chi connectivity index (χ4v) is 2.07. The van der Waals surface area contributed by atoms with Crippen molar-refractivity contribution in [2.24, 2.45) is 0 Å². The van der Waals surface area contributed by atoms with Crippen molar-refractivity contribution in [2.75, 3.05) is 25.4 Å². The summed E-state index contributed by atoms with van der Waals surface area (Å²) in [5.74, 6) is 0. The van der Waals surface area contributed by atoms with E-state index in [2.05, 4.69) is 16.8 Å². The smallest absolute Gasteiger partial charge is 0.180 e. The molecule has 0 radical (unpaired) electrons. The van der Waals surface area contributed by atoms with E-state index in [9.17, 15) is 0 Å². The highest BCUT2D eigenvalue weighted by atomic mass is 35.5. The lowest BCUT2D eigenvalue weighted by Gasteiger charge is -2.18. The van der Waals surface area contributed by atoms with Gasteiger partial charge in [-0.2, -0.15) is 0 Å². The second-order valence-corrected chi connectivity index (χ2v) is 4.31. The maximum atomic E-state index is 8.87. The summed E-state index contributed by atoms with van der Waals surface area (Å²) in [6.07, 6.45) is 2.90. The van der Waals surface area contributed by atoms with Crippen molar-refractivity contribution in [2.45, 2.75) is 19.9 Å². The van der Waals surface area contributed by atoms with Crippen LogP contribution in [0.3, 0.4) is 0 Å². The summed E-state index contributed by atoms with van der Waals surface area (Å²) in [5, 5.41) is 9.48. The quantitative estimate of drug-likeness (QED) is 0.801. The van der Waals surface area contributed by atoms with E-state index >= 15 is 0 Å². The van der Waals surface area contributed by atoms with E-state index in [4.69, 9.17) is 10.8 Å². The molecule has 0 saturated carbocycles. The van der Waals surface area contributed by atoms with Crippen LogP contribution in [0.4, 0.5) is 5.13 Å². The van der Waals surface area contributed by atoms with Crippen LogP contribution in [0.2, 0.25) is 0 Å². The minimum absolute atomic E-state index is 0. The number of aliphatic hydroxyl groups excluding tert-OH is 1. The van der Waals surface area contributed by atoms with Crippen molar-refractivity contribution >= 4 is 28.9 Å². The first kappa shape index (κ1) is 14.6. The summed E-state index contributed by atoms with van der Waals surface area (Å²) in [6, 6.07) is 0. The minimum atomic E-state index is 0. The largest absolute Gasteiger partial charge is 0.395 e. The molecule has 0 saturated heterocycles. The summed E-state index contributed by atoms with van der Waals surface area (Å²) >= 11 is 1.51. The lowest BCUT2D eigenvalue weighted by atomic mass is 10.4. The first-order valence-corrected chi connectivity index (χ1v) is 5.61. The Bertz CT molecular complexity index is 264. The van der Waals surface area contributed by atoms with Gasteiger partial charge in [-0.3, -0.25) is 4.90 Å². The SMILES string of the molecule is CCCN(CCO)Cc1cnc(N)s1.Cl. The molecule has 1 aromatic rings. The molecule has 0 aliphatic carbocycles. The number of aromatic nitrogens is 1. The molecule has 0 bridgehead atoms. The molecule has 0 amide bonds. The van der Waals surface area contributed by atoms with Gasteiger partial charge in [0.15, 0.2) is 5.13 Å². The second-order valence-electron chi connectivity index (χ2n) is 3.16. The Morgan fingerprint density at radius 1 is 1.53 bits per heavy atom. The Balaban J connectivity index is 0.00000196. The van der Waals surface area contributed by atoms with Crippen LogP contribution in [-0.4, -0.2) is 34.7 Å². The fourth-order valence-electron chi connectivity index (χ4n) is 1.34. The third-order valence-electron chi connectivity index (χ3n) is 1.91. The van der Waals surface area contributed by atoms with E-state index in [-0.39, 0.29) is 19.0 Å². The predicted molar refractivity (Wildman–Crippen MR) is 66.4 cm³/mol. The van der Waals surface area contributed by atoms with E-state index in [1.807, 2.05) is 0 Å². The highest BCUT2D eigenvalue weighted by molar-refractivity contribution is 7.15. The lowest BCUT2D eigenvalue weighted by Crippen LogP contribution is -2.26. The topological polar surface area (TPSA) is 62.4 Å². The highest BCUT2D eigenvalue weighted by Gasteiger charge is 2.06. The molecule has 1 aromatic heterocycles. The molecule has 1 heterocycles. The molecule has 15 heavy (non-hydrogen) atoms. The Kier molecular flexibility index (Phi) is 7.68. The van der Waals surface area contributed by atoms with Gasteiger partial charge in [0.25, 0.3) is 0 Å². The van der Waals surface area contributed by atoms with E-state index in [1.165, 1.54) is 11.3 Å². The summed E-state index contributed by atoms with van der Waals surface area (Å²) in [6.45, 7) is 4.88. The van der Waals surface area contributed by atoms with Crippen LogP contribution in [0.5, 0.6) is 0 Å². The molecule has 0 spiro atoms. The van der Waals surface area contributed by atoms with Crippen molar-refractivity contribution in [3.8, 4) is 0 Å². The number of thiazole rings is 1. The summed E-state index contributed by atoms with van der Waals surface area (Å²) < 4.78 is 0. The Morgan fingerprint density at radius 2 is 2.27 bits per heavy atom. The van der Waals surface area contributed by atoms with E-state index in [0.717, 1.165) is 24.4 Å². The number of hydrogen-bond donors (Lipinski definition) is 2. The standard InChI is InChI=1S/C9H17N3OS.ClH/c1-2-3-12(4-5-13)7-8-6-11-9(10)14-8;/h6,13H,2-5,7H2,1H3,(H2,10,11);1H. The number of anilines is 1. The molecule has 3 N–H and O–H groups in total. The summed E-state index contributed by atoms with van der Waals surface area (Å²) in [4.78, 5) is 7.36. The van der Waals surface area contributed by atoms with Gasteiger partial charge in [-0.25, -0.2) is 4.98 Å². The van der Waals surface area contributed by atoms with Gasteiger partial charge in [-0.05, 0) is 13.0 Å². The number of nitrogens with two attached hydrogens (primary N) is 1. The normalized spacial score (nSPS) is 10.3. The number of rotatable bonds is 6. The lowest BCUT2D eigenvalue weighted by molar-refractivity contribution is 0.191. The summed E-state index contributed by atoms with van der Waals surface area (Å²) in [7, 11) is 0. The van der Waals surface area contributed by atoms with Crippen LogP contribution >= 0.6 is 23.7 Å². The molecule has 1 rings (SSSR count). The van der Waals surface area contributed by atoms with Crippen molar-refractivity contribution in [3.63, 3.8) is 0 Å². The zero-order valence-corrected chi connectivity index (χ0v) is 10.5.